The second-order valence-electron chi connectivity index (χ2n) is 8.03. The minimum Gasteiger partial charge on any atom is -0.507 e. The third-order valence-corrected chi connectivity index (χ3v) is 4.85. The van der Waals surface area contributed by atoms with Gasteiger partial charge in [-0.3, -0.25) is 0 Å². The van der Waals surface area contributed by atoms with Gasteiger partial charge < -0.3 is 14.3 Å². The number of hydrogen-bond donors (Lipinski definition) is 1. The zero-order chi connectivity index (χ0) is 21.1. The fraction of sp³-hybridized carbons (Fsp3) is 0.478. The third-order valence-electron chi connectivity index (χ3n) is 4.60. The maximum absolute atomic E-state index is 10.3. The molecule has 2 rings (SSSR count). The van der Waals surface area contributed by atoms with Crippen LogP contribution in [0.15, 0.2) is 52.7 Å². The van der Waals surface area contributed by atoms with Gasteiger partial charge in [-0.25, -0.2) is 0 Å². The molecule has 2 aromatic rings. The summed E-state index contributed by atoms with van der Waals surface area (Å²) in [6.45, 7) is 4.25. The van der Waals surface area contributed by atoms with E-state index in [4.69, 9.17) is 16.3 Å². The third kappa shape index (κ3) is 8.94. The van der Waals surface area contributed by atoms with Crippen molar-refractivity contribution in [2.45, 2.75) is 45.6 Å². The Morgan fingerprint density at radius 2 is 1.59 bits per heavy atom. The summed E-state index contributed by atoms with van der Waals surface area (Å²) >= 11 is 5.89. The number of phenols is 1. The molecule has 0 aromatic heterocycles. The number of aromatic hydroxyl groups is 1. The van der Waals surface area contributed by atoms with Crippen molar-refractivity contribution in [3.05, 3.63) is 53.1 Å². The van der Waals surface area contributed by atoms with Crippen molar-refractivity contribution in [1.82, 2.24) is 0 Å². The second-order valence-corrected chi connectivity index (χ2v) is 8.47. The molecule has 0 saturated heterocycles. The molecule has 6 heteroatoms. The summed E-state index contributed by atoms with van der Waals surface area (Å²) in [4.78, 5) is 0. The van der Waals surface area contributed by atoms with Gasteiger partial charge in [0.05, 0.1) is 37.6 Å². The summed E-state index contributed by atoms with van der Waals surface area (Å²) in [5.41, 5.74) is 2.26. The first-order valence-corrected chi connectivity index (χ1v) is 10.7. The molecule has 0 amide bonds. The summed E-state index contributed by atoms with van der Waals surface area (Å²) in [7, 11) is 4.19. The van der Waals surface area contributed by atoms with Crippen LogP contribution >= 0.6 is 11.6 Å². The molecule has 0 aliphatic heterocycles. The molecule has 1 N–H and O–H groups in total. The molecule has 5 nitrogen and oxygen atoms in total. The van der Waals surface area contributed by atoms with Gasteiger partial charge in [0.15, 0.2) is 6.73 Å². The van der Waals surface area contributed by atoms with Gasteiger partial charge in [-0.1, -0.05) is 44.2 Å². The monoisotopic (exact) mass is 418 g/mol. The highest BCUT2D eigenvalue weighted by molar-refractivity contribution is 6.30. The first kappa shape index (κ1) is 23.3. The SMILES string of the molecule is CCCCCCCOC[N+](C)(C)Cc1cc(N=Nc2ccc(Cl)cc2)ccc1O. The van der Waals surface area contributed by atoms with E-state index in [1.807, 2.05) is 18.2 Å². The van der Waals surface area contributed by atoms with Crippen LogP contribution in [0.4, 0.5) is 11.4 Å². The number of halogens is 1. The lowest BCUT2D eigenvalue weighted by molar-refractivity contribution is -0.922. The molecular formula is C23H33ClN3O2+. The number of unbranched alkanes of at least 4 members (excludes halogenated alkanes) is 4. The Labute approximate surface area is 179 Å². The van der Waals surface area contributed by atoms with Gasteiger partial charge in [-0.15, -0.1) is 0 Å². The van der Waals surface area contributed by atoms with Crippen molar-refractivity contribution < 1.29 is 14.3 Å². The molecule has 0 bridgehead atoms. The van der Waals surface area contributed by atoms with Gasteiger partial charge in [-0.05, 0) is 48.9 Å². The van der Waals surface area contributed by atoms with Crippen LogP contribution in [-0.4, -0.2) is 37.0 Å². The van der Waals surface area contributed by atoms with Crippen LogP contribution in [0.2, 0.25) is 5.02 Å². The van der Waals surface area contributed by atoms with Gasteiger partial charge in [0, 0.05) is 5.02 Å². The van der Waals surface area contributed by atoms with E-state index in [2.05, 4.69) is 31.2 Å². The summed E-state index contributed by atoms with van der Waals surface area (Å²) in [6.07, 6.45) is 6.16. The van der Waals surface area contributed by atoms with Crippen LogP contribution in [-0.2, 0) is 11.3 Å². The summed E-state index contributed by atoms with van der Waals surface area (Å²) in [5.74, 6) is 0.265. The van der Waals surface area contributed by atoms with Crippen LogP contribution in [0.25, 0.3) is 0 Å². The molecular weight excluding hydrogens is 386 g/mol. The molecule has 29 heavy (non-hydrogen) atoms. The van der Waals surface area contributed by atoms with E-state index >= 15 is 0 Å². The Kier molecular flexibility index (Phi) is 9.58. The van der Waals surface area contributed by atoms with Crippen LogP contribution < -0.4 is 0 Å². The van der Waals surface area contributed by atoms with Crippen LogP contribution in [0.5, 0.6) is 5.75 Å². The zero-order valence-corrected chi connectivity index (χ0v) is 18.5. The second kappa shape index (κ2) is 11.9. The van der Waals surface area contributed by atoms with Crippen molar-refractivity contribution in [3.63, 3.8) is 0 Å². The van der Waals surface area contributed by atoms with Crippen molar-refractivity contribution >= 4 is 23.0 Å². The number of ether oxygens (including phenoxy) is 1. The highest BCUT2D eigenvalue weighted by Gasteiger charge is 2.18. The number of benzene rings is 2. The summed E-state index contributed by atoms with van der Waals surface area (Å²) in [6, 6.07) is 12.5. The first-order chi connectivity index (χ1) is 13.9. The Bertz CT molecular complexity index is 776. The highest BCUT2D eigenvalue weighted by Crippen LogP contribution is 2.27. The van der Waals surface area contributed by atoms with E-state index in [0.717, 1.165) is 24.3 Å². The molecule has 0 atom stereocenters. The molecule has 0 unspecified atom stereocenters. The minimum absolute atomic E-state index is 0.265. The molecule has 0 radical (unpaired) electrons. The Morgan fingerprint density at radius 1 is 0.931 bits per heavy atom. The van der Waals surface area contributed by atoms with Crippen molar-refractivity contribution in [2.75, 3.05) is 27.4 Å². The Balaban J connectivity index is 1.90. The Hall–Kier alpha value is -1.95. The lowest BCUT2D eigenvalue weighted by Gasteiger charge is -2.29. The average Bonchev–Trinajstić information content (AvgIpc) is 2.69. The lowest BCUT2D eigenvalue weighted by Crippen LogP contribution is -2.40. The number of phenolic OH excluding ortho intramolecular Hbond substituents is 1. The maximum atomic E-state index is 10.3. The van der Waals surface area contributed by atoms with Gasteiger partial charge in [0.25, 0.3) is 0 Å². The largest absolute Gasteiger partial charge is 0.507 e. The zero-order valence-electron chi connectivity index (χ0n) is 17.8. The van der Waals surface area contributed by atoms with Gasteiger partial charge in [0.2, 0.25) is 0 Å². The van der Waals surface area contributed by atoms with Crippen LogP contribution in [0.1, 0.15) is 44.6 Å². The number of hydrogen-bond acceptors (Lipinski definition) is 4. The molecule has 0 fully saturated rings. The number of quaternary nitrogens is 1. The van der Waals surface area contributed by atoms with Gasteiger partial charge in [0.1, 0.15) is 12.3 Å². The molecule has 2 aromatic carbocycles. The number of rotatable bonds is 12. The fourth-order valence-corrected chi connectivity index (χ4v) is 3.14. The van der Waals surface area contributed by atoms with E-state index in [9.17, 15) is 5.11 Å². The van der Waals surface area contributed by atoms with E-state index in [0.29, 0.717) is 28.5 Å². The quantitative estimate of drug-likeness (QED) is 0.175. The Morgan fingerprint density at radius 3 is 2.31 bits per heavy atom. The van der Waals surface area contributed by atoms with Crippen molar-refractivity contribution in [2.24, 2.45) is 10.2 Å². The van der Waals surface area contributed by atoms with Crippen LogP contribution in [0, 0.1) is 0 Å². The summed E-state index contributed by atoms with van der Waals surface area (Å²) < 4.78 is 6.50. The predicted octanol–water partition coefficient (Wildman–Crippen LogP) is 6.98. The molecule has 0 aliphatic rings. The fourth-order valence-electron chi connectivity index (χ4n) is 3.01. The summed E-state index contributed by atoms with van der Waals surface area (Å²) in [5, 5.41) is 19.4. The number of azo groups is 1. The topological polar surface area (TPSA) is 54.2 Å². The number of nitrogens with zero attached hydrogens (tertiary/aromatic N) is 3. The van der Waals surface area contributed by atoms with Crippen molar-refractivity contribution in [1.29, 1.82) is 0 Å². The van der Waals surface area contributed by atoms with E-state index < -0.39 is 0 Å². The maximum Gasteiger partial charge on any atom is 0.182 e. The van der Waals surface area contributed by atoms with Gasteiger partial charge >= 0.3 is 0 Å². The van der Waals surface area contributed by atoms with Crippen LogP contribution in [0.3, 0.4) is 0 Å². The first-order valence-electron chi connectivity index (χ1n) is 10.3. The van der Waals surface area contributed by atoms with E-state index in [-0.39, 0.29) is 5.75 Å². The lowest BCUT2D eigenvalue weighted by atomic mass is 10.1. The molecule has 0 spiro atoms. The smallest absolute Gasteiger partial charge is 0.182 e. The molecule has 0 aliphatic carbocycles. The predicted molar refractivity (Wildman–Crippen MR) is 119 cm³/mol. The highest BCUT2D eigenvalue weighted by atomic mass is 35.5. The minimum atomic E-state index is 0.265. The van der Waals surface area contributed by atoms with Gasteiger partial charge in [-0.2, -0.15) is 10.2 Å². The molecule has 0 saturated carbocycles. The normalized spacial score (nSPS) is 12.0. The molecule has 158 valence electrons. The van der Waals surface area contributed by atoms with E-state index in [1.54, 1.807) is 24.3 Å². The average molecular weight is 419 g/mol. The van der Waals surface area contributed by atoms with Crippen molar-refractivity contribution in [3.8, 4) is 5.75 Å². The van der Waals surface area contributed by atoms with E-state index in [1.165, 1.54) is 25.7 Å². The standard InChI is InChI=1S/C23H32ClN3O2/c1-4-5-6-7-8-15-29-18-27(2,3)17-19-16-22(13-14-23(19)28)26-25-21-11-9-20(24)10-12-21/h9-14,16H,4-8,15,17-18H2,1-3H3/p+1. The molecule has 0 heterocycles.